The van der Waals surface area contributed by atoms with Crippen molar-refractivity contribution in [2.24, 2.45) is 0 Å². The first-order chi connectivity index (χ1) is 15.5. The highest BCUT2D eigenvalue weighted by Gasteiger charge is 2.35. The fourth-order valence-corrected chi connectivity index (χ4v) is 5.02. The molecule has 2 aliphatic heterocycles. The summed E-state index contributed by atoms with van der Waals surface area (Å²) < 4.78 is 0. The molecule has 0 N–H and O–H groups in total. The number of nitro benzene ring substituents is 1. The van der Waals surface area contributed by atoms with Crippen LogP contribution < -0.4 is 4.90 Å². The number of thioether (sulfide) groups is 1. The van der Waals surface area contributed by atoms with Gasteiger partial charge < -0.3 is 4.90 Å². The minimum atomic E-state index is -0.495. The number of anilines is 1. The van der Waals surface area contributed by atoms with Gasteiger partial charge in [0.05, 0.1) is 21.9 Å². The van der Waals surface area contributed by atoms with E-state index >= 15 is 0 Å². The molecule has 0 atom stereocenters. The number of nitrogens with zero attached hydrogens (tertiary/aromatic N) is 3. The summed E-state index contributed by atoms with van der Waals surface area (Å²) >= 11 is 7.43. The number of hydrogen-bond donors (Lipinski definition) is 0. The van der Waals surface area contributed by atoms with Crippen LogP contribution in [0.2, 0.25) is 5.02 Å². The predicted molar refractivity (Wildman–Crippen MR) is 132 cm³/mol. The monoisotopic (exact) mass is 483 g/mol. The van der Waals surface area contributed by atoms with Gasteiger partial charge >= 0.3 is 0 Å². The van der Waals surface area contributed by atoms with Crippen LogP contribution in [-0.4, -0.2) is 33.6 Å². The molecule has 0 aromatic heterocycles. The Morgan fingerprint density at radius 1 is 1.18 bits per heavy atom. The molecule has 0 aliphatic carbocycles. The molecule has 33 heavy (non-hydrogen) atoms. The summed E-state index contributed by atoms with van der Waals surface area (Å²) in [5.41, 5.74) is 4.24. The summed E-state index contributed by atoms with van der Waals surface area (Å²) in [6, 6.07) is 9.62. The number of non-ortho nitro benzene ring substituents is 1. The number of halogens is 1. The van der Waals surface area contributed by atoms with Crippen molar-refractivity contribution in [1.29, 1.82) is 0 Å². The molecule has 0 spiro atoms. The van der Waals surface area contributed by atoms with Crippen molar-refractivity contribution >= 4 is 57.5 Å². The fraction of sp³-hybridized carbons (Fsp3) is 0.250. The van der Waals surface area contributed by atoms with E-state index in [1.165, 1.54) is 12.1 Å². The van der Waals surface area contributed by atoms with Gasteiger partial charge in [-0.25, -0.2) is 0 Å². The predicted octanol–water partition coefficient (Wildman–Crippen LogP) is 6.12. The van der Waals surface area contributed by atoms with E-state index in [4.69, 9.17) is 11.6 Å². The van der Waals surface area contributed by atoms with Gasteiger partial charge in [-0.15, -0.1) is 0 Å². The van der Waals surface area contributed by atoms with Crippen LogP contribution in [0.4, 0.5) is 16.2 Å². The maximum atomic E-state index is 12.9. The molecule has 2 aromatic carbocycles. The topological polar surface area (TPSA) is 83.8 Å². The highest BCUT2D eigenvalue weighted by molar-refractivity contribution is 8.18. The van der Waals surface area contributed by atoms with E-state index in [0.717, 1.165) is 33.5 Å². The Morgan fingerprint density at radius 2 is 1.85 bits per heavy atom. The second-order valence-corrected chi connectivity index (χ2v) is 10.0. The van der Waals surface area contributed by atoms with Crippen molar-refractivity contribution in [3.63, 3.8) is 0 Å². The number of carbonyl (C=O) groups is 2. The molecule has 0 radical (unpaired) electrons. The maximum Gasteiger partial charge on any atom is 0.293 e. The summed E-state index contributed by atoms with van der Waals surface area (Å²) in [7, 11) is 2.02. The van der Waals surface area contributed by atoms with Gasteiger partial charge in [0.25, 0.3) is 16.8 Å². The van der Waals surface area contributed by atoms with Crippen LogP contribution in [0.1, 0.15) is 37.5 Å². The third-order valence-electron chi connectivity index (χ3n) is 5.98. The number of nitro groups is 1. The summed E-state index contributed by atoms with van der Waals surface area (Å²) in [5, 5.41) is 10.9. The van der Waals surface area contributed by atoms with Gasteiger partial charge in [-0.1, -0.05) is 29.8 Å². The van der Waals surface area contributed by atoms with Crippen molar-refractivity contribution in [2.75, 3.05) is 11.9 Å². The molecule has 2 amide bonds. The average Bonchev–Trinajstić information content (AvgIpc) is 3.00. The minimum absolute atomic E-state index is 0.0413. The summed E-state index contributed by atoms with van der Waals surface area (Å²) in [6.45, 7) is 6.34. The van der Waals surface area contributed by atoms with Gasteiger partial charge in [0.15, 0.2) is 0 Å². The lowest BCUT2D eigenvalue weighted by molar-refractivity contribution is -0.384. The first-order valence-corrected chi connectivity index (χ1v) is 11.4. The second kappa shape index (κ2) is 8.35. The number of amides is 2. The van der Waals surface area contributed by atoms with Crippen LogP contribution in [0.3, 0.4) is 0 Å². The molecule has 7 nitrogen and oxygen atoms in total. The molecule has 4 rings (SSSR count). The maximum absolute atomic E-state index is 12.9. The summed E-state index contributed by atoms with van der Waals surface area (Å²) in [5.74, 6) is -0.414. The average molecular weight is 484 g/mol. The molecule has 0 saturated carbocycles. The molecule has 9 heteroatoms. The number of likely N-dealkylation sites (N-methyl/N-ethyl adjacent to an activating group) is 1. The van der Waals surface area contributed by atoms with Crippen LogP contribution in [0.25, 0.3) is 11.6 Å². The molecule has 2 heterocycles. The van der Waals surface area contributed by atoms with E-state index in [1.54, 1.807) is 18.2 Å². The normalized spacial score (nSPS) is 18.6. The van der Waals surface area contributed by atoms with Crippen LogP contribution in [0, 0.1) is 10.1 Å². The van der Waals surface area contributed by atoms with Gasteiger partial charge in [-0.3, -0.25) is 24.6 Å². The molecule has 0 bridgehead atoms. The molecular formula is C24H22ClN3O4S. The molecule has 170 valence electrons. The van der Waals surface area contributed by atoms with Gasteiger partial charge in [0.2, 0.25) is 0 Å². The Morgan fingerprint density at radius 3 is 2.48 bits per heavy atom. The third kappa shape index (κ3) is 4.28. The number of hydrogen-bond acceptors (Lipinski definition) is 6. The van der Waals surface area contributed by atoms with Crippen LogP contribution in [-0.2, 0) is 11.3 Å². The van der Waals surface area contributed by atoms with Gasteiger partial charge in [0.1, 0.15) is 0 Å². The largest absolute Gasteiger partial charge is 0.365 e. The summed E-state index contributed by atoms with van der Waals surface area (Å²) in [4.78, 5) is 39.4. The van der Waals surface area contributed by atoms with Gasteiger partial charge in [0, 0.05) is 35.5 Å². The number of fused-ring (bicyclic) bond motifs is 1. The SMILES string of the molecule is CC1=CC(C)(C)N(C)c2cc(Cl)c(/C=C3/SC(=O)N(Cc4ccc([N+](=O)[O-])cc4)C3=O)cc21. The minimum Gasteiger partial charge on any atom is -0.365 e. The number of rotatable bonds is 4. The standard InChI is InChI=1S/C24H22ClN3O4S/c1-14-12-24(2,3)26(4)20-11-19(25)16(9-18(14)20)10-21-22(29)27(23(30)33-21)13-15-5-7-17(8-6-15)28(31)32/h5-12H,13H2,1-4H3/b21-10+. The van der Waals surface area contributed by atoms with Crippen molar-refractivity contribution in [3.05, 3.63) is 79.2 Å². The molecule has 0 unspecified atom stereocenters. The molecule has 2 aliphatic rings. The Hall–Kier alpha value is -3.10. The van der Waals surface area contributed by atoms with Crippen LogP contribution in [0.5, 0.6) is 0 Å². The third-order valence-corrected chi connectivity index (χ3v) is 7.22. The molecule has 1 fully saturated rings. The smallest absolute Gasteiger partial charge is 0.293 e. The molecule has 1 saturated heterocycles. The van der Waals surface area contributed by atoms with Gasteiger partial charge in [-0.2, -0.15) is 0 Å². The van der Waals surface area contributed by atoms with Crippen molar-refractivity contribution in [3.8, 4) is 0 Å². The van der Waals surface area contributed by atoms with Gasteiger partial charge in [-0.05, 0) is 67.4 Å². The first-order valence-electron chi connectivity index (χ1n) is 10.2. The molecule has 2 aromatic rings. The number of carbonyl (C=O) groups excluding carboxylic acids is 2. The van der Waals surface area contributed by atoms with E-state index in [0.29, 0.717) is 16.1 Å². The van der Waals surface area contributed by atoms with E-state index in [-0.39, 0.29) is 22.7 Å². The Labute approximate surface area is 200 Å². The van der Waals surface area contributed by atoms with E-state index < -0.39 is 16.1 Å². The Bertz CT molecular complexity index is 1250. The van der Waals surface area contributed by atoms with Crippen LogP contribution in [0.15, 0.2) is 47.4 Å². The first kappa shape index (κ1) is 23.1. The number of benzene rings is 2. The lowest BCUT2D eigenvalue weighted by atomic mass is 9.88. The Kier molecular flexibility index (Phi) is 5.84. The van der Waals surface area contributed by atoms with Crippen molar-refractivity contribution < 1.29 is 14.5 Å². The van der Waals surface area contributed by atoms with E-state index in [9.17, 15) is 19.7 Å². The van der Waals surface area contributed by atoms with Crippen molar-refractivity contribution in [2.45, 2.75) is 32.9 Å². The lowest BCUT2D eigenvalue weighted by Crippen LogP contribution is -2.42. The zero-order chi connectivity index (χ0) is 24.1. The Balaban J connectivity index is 1.61. The van der Waals surface area contributed by atoms with Crippen molar-refractivity contribution in [1.82, 2.24) is 4.90 Å². The quantitative estimate of drug-likeness (QED) is 0.296. The van der Waals surface area contributed by atoms with Crippen LogP contribution >= 0.6 is 23.4 Å². The summed E-state index contributed by atoms with van der Waals surface area (Å²) in [6.07, 6.45) is 3.83. The van der Waals surface area contributed by atoms with E-state index in [1.807, 2.05) is 26.1 Å². The fourth-order valence-electron chi connectivity index (χ4n) is 3.98. The van der Waals surface area contributed by atoms with E-state index in [2.05, 4.69) is 24.8 Å². The zero-order valence-electron chi connectivity index (χ0n) is 18.6. The number of allylic oxidation sites excluding steroid dienone is 1. The highest BCUT2D eigenvalue weighted by atomic mass is 35.5. The lowest BCUT2D eigenvalue weighted by Gasteiger charge is -2.40. The highest BCUT2D eigenvalue weighted by Crippen LogP contribution is 2.42. The zero-order valence-corrected chi connectivity index (χ0v) is 20.2. The molecular weight excluding hydrogens is 462 g/mol. The number of imide groups is 1. The second-order valence-electron chi connectivity index (χ2n) is 8.62.